The lowest BCUT2D eigenvalue weighted by Crippen LogP contribution is -2.21. The van der Waals surface area contributed by atoms with Crippen molar-refractivity contribution in [1.29, 1.82) is 0 Å². The first kappa shape index (κ1) is 15.1. The van der Waals surface area contributed by atoms with Gasteiger partial charge >= 0.3 is 0 Å². The van der Waals surface area contributed by atoms with Crippen molar-refractivity contribution in [2.75, 3.05) is 0 Å². The summed E-state index contributed by atoms with van der Waals surface area (Å²) in [5, 5.41) is 8.56. The van der Waals surface area contributed by atoms with Crippen LogP contribution in [0.2, 0.25) is 5.02 Å². The standard InChI is InChI=1S/C15H22ClN3O/c1-9(2)17-7-13-6-14(20-12(13)5)8-19-11(4)15(16)10(3)18-19/h6,9,17H,7-8H2,1-5H3. The van der Waals surface area contributed by atoms with Gasteiger partial charge in [0.05, 0.1) is 23.0 Å². The third-order valence-corrected chi connectivity index (χ3v) is 3.92. The number of halogens is 1. The molecule has 2 heterocycles. The van der Waals surface area contributed by atoms with Crippen molar-refractivity contribution in [2.45, 2.75) is 53.8 Å². The Labute approximate surface area is 125 Å². The minimum absolute atomic E-state index is 0.461. The second-order valence-electron chi connectivity index (χ2n) is 5.47. The van der Waals surface area contributed by atoms with Gasteiger partial charge in [-0.05, 0) is 26.8 Å². The molecule has 0 radical (unpaired) electrons. The molecule has 0 aromatic carbocycles. The largest absolute Gasteiger partial charge is 0.464 e. The summed E-state index contributed by atoms with van der Waals surface area (Å²) in [6, 6.07) is 2.55. The highest BCUT2D eigenvalue weighted by Crippen LogP contribution is 2.21. The van der Waals surface area contributed by atoms with Crippen molar-refractivity contribution in [3.05, 3.63) is 39.6 Å². The summed E-state index contributed by atoms with van der Waals surface area (Å²) in [6.45, 7) is 11.6. The first-order valence-corrected chi connectivity index (χ1v) is 7.27. The fourth-order valence-electron chi connectivity index (χ4n) is 2.13. The molecule has 20 heavy (non-hydrogen) atoms. The highest BCUT2D eigenvalue weighted by molar-refractivity contribution is 6.31. The molecule has 0 aliphatic rings. The number of hydrogen-bond donors (Lipinski definition) is 1. The molecule has 0 saturated heterocycles. The van der Waals surface area contributed by atoms with Crippen LogP contribution in [0.5, 0.6) is 0 Å². The highest BCUT2D eigenvalue weighted by atomic mass is 35.5. The van der Waals surface area contributed by atoms with Gasteiger partial charge in [0.25, 0.3) is 0 Å². The predicted octanol–water partition coefficient (Wildman–Crippen LogP) is 3.60. The van der Waals surface area contributed by atoms with Gasteiger partial charge in [-0.1, -0.05) is 25.4 Å². The smallest absolute Gasteiger partial charge is 0.125 e. The number of nitrogens with zero attached hydrogens (tertiary/aromatic N) is 2. The number of aryl methyl sites for hydroxylation is 2. The van der Waals surface area contributed by atoms with Gasteiger partial charge in [-0.2, -0.15) is 5.10 Å². The van der Waals surface area contributed by atoms with Crippen LogP contribution >= 0.6 is 11.6 Å². The third kappa shape index (κ3) is 3.25. The van der Waals surface area contributed by atoms with Gasteiger partial charge in [0.2, 0.25) is 0 Å². The molecule has 0 fully saturated rings. The molecule has 0 atom stereocenters. The lowest BCUT2D eigenvalue weighted by molar-refractivity contribution is 0.452. The molecule has 0 unspecified atom stereocenters. The van der Waals surface area contributed by atoms with E-state index in [1.54, 1.807) is 0 Å². The minimum Gasteiger partial charge on any atom is -0.464 e. The molecular weight excluding hydrogens is 274 g/mol. The Morgan fingerprint density at radius 3 is 2.60 bits per heavy atom. The van der Waals surface area contributed by atoms with E-state index in [0.29, 0.717) is 12.6 Å². The molecule has 2 rings (SSSR count). The van der Waals surface area contributed by atoms with Gasteiger partial charge in [0, 0.05) is 18.2 Å². The van der Waals surface area contributed by atoms with E-state index >= 15 is 0 Å². The monoisotopic (exact) mass is 295 g/mol. The molecule has 5 heteroatoms. The minimum atomic E-state index is 0.461. The van der Waals surface area contributed by atoms with Crippen molar-refractivity contribution in [3.8, 4) is 0 Å². The van der Waals surface area contributed by atoms with Gasteiger partial charge < -0.3 is 9.73 Å². The summed E-state index contributed by atoms with van der Waals surface area (Å²) >= 11 is 6.16. The SMILES string of the molecule is Cc1nn(Cc2cc(CNC(C)C)c(C)o2)c(C)c1Cl. The fraction of sp³-hybridized carbons (Fsp3) is 0.533. The first-order chi connectivity index (χ1) is 9.38. The van der Waals surface area contributed by atoms with Gasteiger partial charge in [-0.25, -0.2) is 0 Å². The van der Waals surface area contributed by atoms with Gasteiger partial charge in [-0.15, -0.1) is 0 Å². The lowest BCUT2D eigenvalue weighted by Gasteiger charge is -2.06. The summed E-state index contributed by atoms with van der Waals surface area (Å²) in [6.07, 6.45) is 0. The molecule has 0 spiro atoms. The van der Waals surface area contributed by atoms with Crippen LogP contribution in [0.15, 0.2) is 10.5 Å². The summed E-state index contributed by atoms with van der Waals surface area (Å²) in [5.74, 6) is 1.87. The zero-order valence-corrected chi connectivity index (χ0v) is 13.5. The number of aromatic nitrogens is 2. The van der Waals surface area contributed by atoms with Crippen molar-refractivity contribution >= 4 is 11.6 Å². The number of rotatable bonds is 5. The van der Waals surface area contributed by atoms with E-state index in [1.165, 1.54) is 5.56 Å². The first-order valence-electron chi connectivity index (χ1n) is 6.89. The summed E-state index contributed by atoms with van der Waals surface area (Å²) in [5.41, 5.74) is 3.02. The zero-order valence-electron chi connectivity index (χ0n) is 12.7. The van der Waals surface area contributed by atoms with Crippen LogP contribution in [0, 0.1) is 20.8 Å². The Hall–Kier alpha value is -1.26. The predicted molar refractivity (Wildman–Crippen MR) is 81.2 cm³/mol. The number of nitrogens with one attached hydrogen (secondary N) is 1. The molecule has 0 aliphatic heterocycles. The summed E-state index contributed by atoms with van der Waals surface area (Å²) < 4.78 is 7.70. The van der Waals surface area contributed by atoms with Crippen LogP contribution in [0.1, 0.15) is 42.3 Å². The number of furan rings is 1. The Balaban J connectivity index is 2.14. The van der Waals surface area contributed by atoms with Crippen LogP contribution in [0.25, 0.3) is 0 Å². The Morgan fingerprint density at radius 2 is 2.05 bits per heavy atom. The Morgan fingerprint density at radius 1 is 1.35 bits per heavy atom. The van der Waals surface area contributed by atoms with Gasteiger partial charge in [-0.3, -0.25) is 4.68 Å². The van der Waals surface area contributed by atoms with Crippen LogP contribution in [0.3, 0.4) is 0 Å². The molecule has 0 aliphatic carbocycles. The lowest BCUT2D eigenvalue weighted by atomic mass is 10.2. The van der Waals surface area contributed by atoms with Crippen LogP contribution in [-0.2, 0) is 13.1 Å². The molecule has 0 bridgehead atoms. The highest BCUT2D eigenvalue weighted by Gasteiger charge is 2.13. The fourth-order valence-corrected chi connectivity index (χ4v) is 2.27. The van der Waals surface area contributed by atoms with E-state index in [2.05, 4.69) is 30.3 Å². The van der Waals surface area contributed by atoms with Crippen molar-refractivity contribution < 1.29 is 4.42 Å². The average Bonchev–Trinajstić information content (AvgIpc) is 2.83. The van der Waals surface area contributed by atoms with E-state index in [9.17, 15) is 0 Å². The quantitative estimate of drug-likeness (QED) is 0.916. The average molecular weight is 296 g/mol. The topological polar surface area (TPSA) is 43.0 Å². The molecule has 0 saturated carbocycles. The maximum atomic E-state index is 6.16. The normalized spacial score (nSPS) is 11.6. The van der Waals surface area contributed by atoms with Crippen LogP contribution in [0.4, 0.5) is 0 Å². The van der Waals surface area contributed by atoms with E-state index in [1.807, 2.05) is 25.5 Å². The van der Waals surface area contributed by atoms with Gasteiger partial charge in [0.15, 0.2) is 0 Å². The van der Waals surface area contributed by atoms with Crippen molar-refractivity contribution in [3.63, 3.8) is 0 Å². The maximum absolute atomic E-state index is 6.16. The second kappa shape index (κ2) is 6.02. The zero-order chi connectivity index (χ0) is 14.9. The third-order valence-electron chi connectivity index (χ3n) is 3.37. The van der Waals surface area contributed by atoms with Crippen LogP contribution in [-0.4, -0.2) is 15.8 Å². The molecular formula is C15H22ClN3O. The molecule has 2 aromatic heterocycles. The van der Waals surface area contributed by atoms with Gasteiger partial charge in [0.1, 0.15) is 11.5 Å². The van der Waals surface area contributed by atoms with E-state index in [0.717, 1.165) is 34.5 Å². The second-order valence-corrected chi connectivity index (χ2v) is 5.85. The maximum Gasteiger partial charge on any atom is 0.125 e. The van der Waals surface area contributed by atoms with Crippen molar-refractivity contribution in [2.24, 2.45) is 0 Å². The van der Waals surface area contributed by atoms with Crippen molar-refractivity contribution in [1.82, 2.24) is 15.1 Å². The van der Waals surface area contributed by atoms with Crippen LogP contribution < -0.4 is 5.32 Å². The Bertz CT molecular complexity index is 599. The van der Waals surface area contributed by atoms with E-state index in [4.69, 9.17) is 16.0 Å². The van der Waals surface area contributed by atoms with E-state index < -0.39 is 0 Å². The summed E-state index contributed by atoms with van der Waals surface area (Å²) in [7, 11) is 0. The van der Waals surface area contributed by atoms with E-state index in [-0.39, 0.29) is 0 Å². The molecule has 4 nitrogen and oxygen atoms in total. The Kier molecular flexibility index (Phi) is 4.55. The number of hydrogen-bond acceptors (Lipinski definition) is 3. The molecule has 2 aromatic rings. The molecule has 0 amide bonds. The molecule has 110 valence electrons. The summed E-state index contributed by atoms with van der Waals surface area (Å²) in [4.78, 5) is 0. The molecule has 1 N–H and O–H groups in total.